The fraction of sp³-hybridized carbons (Fsp3) is 0.429. The number of hydrogen-bond donors (Lipinski definition) is 1. The fourth-order valence-corrected chi connectivity index (χ4v) is 6.28. The minimum absolute atomic E-state index is 0.0345. The molecule has 2 aliphatic rings. The molecule has 1 fully saturated rings. The van der Waals surface area contributed by atoms with Crippen molar-refractivity contribution in [1.82, 2.24) is 4.90 Å². The van der Waals surface area contributed by atoms with Crippen LogP contribution in [0.2, 0.25) is 0 Å². The lowest BCUT2D eigenvalue weighted by Crippen LogP contribution is -2.29. The van der Waals surface area contributed by atoms with Crippen molar-refractivity contribution in [2.45, 2.75) is 64.5 Å². The van der Waals surface area contributed by atoms with Crippen molar-refractivity contribution in [2.24, 2.45) is 0 Å². The summed E-state index contributed by atoms with van der Waals surface area (Å²) in [7, 11) is 0. The summed E-state index contributed by atoms with van der Waals surface area (Å²) in [5.41, 5.74) is 2.98. The molecule has 1 heterocycles. The minimum atomic E-state index is -0.312. The van der Waals surface area contributed by atoms with E-state index in [2.05, 4.69) is 52.7 Å². The van der Waals surface area contributed by atoms with Crippen molar-refractivity contribution in [2.75, 3.05) is 18.5 Å². The third-order valence-electron chi connectivity index (χ3n) is 6.85. The van der Waals surface area contributed by atoms with E-state index in [9.17, 15) is 9.59 Å². The van der Waals surface area contributed by atoms with Crippen molar-refractivity contribution in [3.8, 4) is 0 Å². The number of benzene rings is 2. The van der Waals surface area contributed by atoms with Gasteiger partial charge < -0.3 is 10.1 Å². The fourth-order valence-electron chi connectivity index (χ4n) is 4.99. The molecular weight excluding hydrogens is 444 g/mol. The highest BCUT2D eigenvalue weighted by molar-refractivity contribution is 7.17. The van der Waals surface area contributed by atoms with Crippen LogP contribution in [-0.4, -0.2) is 36.0 Å². The second-order valence-electron chi connectivity index (χ2n) is 9.27. The number of nitrogens with zero attached hydrogens (tertiary/aromatic N) is 1. The molecule has 0 aliphatic heterocycles. The molecule has 0 radical (unpaired) electrons. The number of anilines is 1. The first-order valence-electron chi connectivity index (χ1n) is 12.5. The number of nitrogens with one attached hydrogen (secondary N) is 1. The maximum absolute atomic E-state index is 13.0. The number of ether oxygens (including phenoxy) is 1. The standard InChI is InChI=1S/C28H32N2O3S/c1-2-33-28(32)26-23-12-5-6-13-24(23)34-27(26)29-25(31)16-17-30(21-14-15-21)18-20-10-7-9-19-8-3-4-11-22(19)20/h3-4,7-11,21H,2,5-6,12-18H2,1H3,(H,29,31). The van der Waals surface area contributed by atoms with E-state index in [1.54, 1.807) is 11.3 Å². The molecule has 1 saturated carbocycles. The van der Waals surface area contributed by atoms with E-state index in [4.69, 9.17) is 4.74 Å². The molecule has 2 aliphatic carbocycles. The number of esters is 1. The lowest BCUT2D eigenvalue weighted by atomic mass is 9.95. The summed E-state index contributed by atoms with van der Waals surface area (Å²) in [5, 5.41) is 6.27. The van der Waals surface area contributed by atoms with Crippen LogP contribution in [-0.2, 0) is 28.9 Å². The molecule has 0 spiro atoms. The van der Waals surface area contributed by atoms with Crippen molar-refractivity contribution in [3.05, 3.63) is 64.0 Å². The van der Waals surface area contributed by atoms with Crippen LogP contribution in [0, 0.1) is 0 Å². The number of thiophene rings is 1. The van der Waals surface area contributed by atoms with Gasteiger partial charge in [0.05, 0.1) is 12.2 Å². The van der Waals surface area contributed by atoms with E-state index in [1.165, 1.54) is 34.1 Å². The van der Waals surface area contributed by atoms with Crippen LogP contribution >= 0.6 is 11.3 Å². The zero-order valence-electron chi connectivity index (χ0n) is 19.8. The Hall–Kier alpha value is -2.70. The lowest BCUT2D eigenvalue weighted by molar-refractivity contribution is -0.116. The number of amides is 1. The first-order chi connectivity index (χ1) is 16.6. The quantitative estimate of drug-likeness (QED) is 0.388. The Morgan fingerprint density at radius 2 is 1.88 bits per heavy atom. The summed E-state index contributed by atoms with van der Waals surface area (Å²) < 4.78 is 5.32. The summed E-state index contributed by atoms with van der Waals surface area (Å²) >= 11 is 1.56. The van der Waals surface area contributed by atoms with Gasteiger partial charge in [-0.3, -0.25) is 9.69 Å². The maximum atomic E-state index is 13.0. The number of aryl methyl sites for hydroxylation is 1. The summed E-state index contributed by atoms with van der Waals surface area (Å²) in [5.74, 6) is -0.347. The van der Waals surface area contributed by atoms with Gasteiger partial charge in [-0.2, -0.15) is 0 Å². The number of carbonyl (C=O) groups excluding carboxylic acids is 2. The Labute approximate surface area is 205 Å². The highest BCUT2D eigenvalue weighted by atomic mass is 32.1. The number of rotatable bonds is 9. The summed E-state index contributed by atoms with van der Waals surface area (Å²) in [6, 6.07) is 15.5. The molecule has 1 N–H and O–H groups in total. The summed E-state index contributed by atoms with van der Waals surface area (Å²) in [6.07, 6.45) is 6.86. The molecule has 6 heteroatoms. The number of hydrogen-bond acceptors (Lipinski definition) is 5. The maximum Gasteiger partial charge on any atom is 0.341 e. The van der Waals surface area contributed by atoms with Crippen molar-refractivity contribution in [3.63, 3.8) is 0 Å². The predicted octanol–water partition coefficient (Wildman–Crippen LogP) is 5.95. The molecule has 0 unspecified atom stereocenters. The average Bonchev–Trinajstić information content (AvgIpc) is 3.62. The molecular formula is C28H32N2O3S. The molecule has 5 rings (SSSR count). The monoisotopic (exact) mass is 476 g/mol. The third kappa shape index (κ3) is 5.03. The van der Waals surface area contributed by atoms with E-state index in [0.717, 1.165) is 37.8 Å². The van der Waals surface area contributed by atoms with E-state index in [1.807, 2.05) is 6.92 Å². The molecule has 1 aromatic heterocycles. The van der Waals surface area contributed by atoms with Crippen LogP contribution in [0.25, 0.3) is 10.8 Å². The van der Waals surface area contributed by atoms with Crippen molar-refractivity contribution >= 4 is 39.0 Å². The molecule has 1 amide bonds. The zero-order valence-corrected chi connectivity index (χ0v) is 20.6. The molecule has 178 valence electrons. The van der Waals surface area contributed by atoms with Gasteiger partial charge in [-0.1, -0.05) is 42.5 Å². The van der Waals surface area contributed by atoms with Gasteiger partial charge in [0.1, 0.15) is 5.00 Å². The van der Waals surface area contributed by atoms with E-state index < -0.39 is 0 Å². The first-order valence-corrected chi connectivity index (χ1v) is 13.3. The van der Waals surface area contributed by atoms with Crippen LogP contribution in [0.3, 0.4) is 0 Å². The Morgan fingerprint density at radius 1 is 1.09 bits per heavy atom. The van der Waals surface area contributed by atoms with Crippen LogP contribution < -0.4 is 5.32 Å². The minimum Gasteiger partial charge on any atom is -0.462 e. The molecule has 3 aromatic rings. The smallest absolute Gasteiger partial charge is 0.341 e. The third-order valence-corrected chi connectivity index (χ3v) is 8.05. The summed E-state index contributed by atoms with van der Waals surface area (Å²) in [6.45, 7) is 3.71. The van der Waals surface area contributed by atoms with Gasteiger partial charge in [-0.05, 0) is 67.3 Å². The number of fused-ring (bicyclic) bond motifs is 2. The first kappa shape index (κ1) is 23.1. The van der Waals surface area contributed by atoms with Crippen molar-refractivity contribution in [1.29, 1.82) is 0 Å². The molecule has 2 aromatic carbocycles. The van der Waals surface area contributed by atoms with E-state index in [0.29, 0.717) is 36.2 Å². The Balaban J connectivity index is 1.27. The number of carbonyl (C=O) groups is 2. The Morgan fingerprint density at radius 3 is 2.71 bits per heavy atom. The topological polar surface area (TPSA) is 58.6 Å². The SMILES string of the molecule is CCOC(=O)c1c(NC(=O)CCN(Cc2cccc3ccccc23)C2CC2)sc2c1CCCC2. The Kier molecular flexibility index (Phi) is 6.97. The highest BCUT2D eigenvalue weighted by Gasteiger charge is 2.30. The normalized spacial score (nSPS) is 15.4. The van der Waals surface area contributed by atoms with Gasteiger partial charge >= 0.3 is 5.97 Å². The average molecular weight is 477 g/mol. The van der Waals surface area contributed by atoms with Crippen LogP contribution in [0.15, 0.2) is 42.5 Å². The van der Waals surface area contributed by atoms with E-state index in [-0.39, 0.29) is 11.9 Å². The van der Waals surface area contributed by atoms with Gasteiger partial charge in [0.15, 0.2) is 0 Å². The van der Waals surface area contributed by atoms with Crippen LogP contribution in [0.1, 0.15) is 65.4 Å². The Bertz CT molecular complexity index is 1190. The van der Waals surface area contributed by atoms with Gasteiger partial charge in [0, 0.05) is 30.4 Å². The predicted molar refractivity (Wildman–Crippen MR) is 138 cm³/mol. The zero-order chi connectivity index (χ0) is 23.5. The van der Waals surface area contributed by atoms with Crippen molar-refractivity contribution < 1.29 is 14.3 Å². The van der Waals surface area contributed by atoms with Gasteiger partial charge in [-0.15, -0.1) is 11.3 Å². The summed E-state index contributed by atoms with van der Waals surface area (Å²) in [4.78, 5) is 29.3. The van der Waals surface area contributed by atoms with Gasteiger partial charge in [-0.25, -0.2) is 4.79 Å². The van der Waals surface area contributed by atoms with Gasteiger partial charge in [0.2, 0.25) is 5.91 Å². The second kappa shape index (κ2) is 10.3. The molecule has 0 bridgehead atoms. The lowest BCUT2D eigenvalue weighted by Gasteiger charge is -2.22. The molecule has 0 atom stereocenters. The highest BCUT2D eigenvalue weighted by Crippen LogP contribution is 2.39. The largest absolute Gasteiger partial charge is 0.462 e. The molecule has 0 saturated heterocycles. The molecule has 34 heavy (non-hydrogen) atoms. The molecule has 5 nitrogen and oxygen atoms in total. The second-order valence-corrected chi connectivity index (χ2v) is 10.4. The van der Waals surface area contributed by atoms with E-state index >= 15 is 0 Å². The van der Waals surface area contributed by atoms with Gasteiger partial charge in [0.25, 0.3) is 0 Å². The van der Waals surface area contributed by atoms with Crippen LogP contribution in [0.4, 0.5) is 5.00 Å². The van der Waals surface area contributed by atoms with Crippen LogP contribution in [0.5, 0.6) is 0 Å².